The minimum Gasteiger partial charge on any atom is -0.477 e. The van der Waals surface area contributed by atoms with Crippen molar-refractivity contribution in [2.75, 3.05) is 132 Å². The van der Waals surface area contributed by atoms with Crippen LogP contribution in [0.4, 0.5) is 0 Å². The molecule has 0 unspecified atom stereocenters. The van der Waals surface area contributed by atoms with Crippen molar-refractivity contribution in [1.29, 1.82) is 5.41 Å². The minimum atomic E-state index is -1.12. The normalized spacial score (nSPS) is 32.1. The van der Waals surface area contributed by atoms with Gasteiger partial charge in [0.05, 0.1) is 85.1 Å². The highest BCUT2D eigenvalue weighted by molar-refractivity contribution is 8.04. The lowest BCUT2D eigenvalue weighted by atomic mass is 9.73. The first kappa shape index (κ1) is 109. The van der Waals surface area contributed by atoms with E-state index in [1.807, 2.05) is 72.2 Å². The van der Waals surface area contributed by atoms with Gasteiger partial charge in [-0.3, -0.25) is 53.4 Å². The van der Waals surface area contributed by atoms with Crippen LogP contribution < -0.4 is 43.4 Å². The van der Waals surface area contributed by atoms with Gasteiger partial charge in [0, 0.05) is 207 Å². The topological polar surface area (TPSA) is 569 Å². The number of ketones is 5. The molecule has 45 heteroatoms. The number of carbonyl (C=O) groups excluding carboxylic acids is 14. The van der Waals surface area contributed by atoms with Gasteiger partial charge in [-0.25, -0.2) is 19.2 Å². The highest BCUT2D eigenvalue weighted by atomic mass is 32.2. The van der Waals surface area contributed by atoms with Gasteiger partial charge >= 0.3 is 23.9 Å². The number of nitrogens with zero attached hydrogens (tertiary/aromatic N) is 10. The van der Waals surface area contributed by atoms with Crippen LogP contribution in [0.5, 0.6) is 0 Å². The average molecular weight is 2040 g/mol. The first-order chi connectivity index (χ1) is 66.7. The fourth-order valence-corrected chi connectivity index (χ4v) is 30.2. The Morgan fingerprint density at radius 1 is 0.404 bits per heavy atom. The molecule has 16 aliphatic heterocycles. The summed E-state index contributed by atoms with van der Waals surface area (Å²) in [5.41, 5.74) is 11.2. The third kappa shape index (κ3) is 22.9. The molecule has 15 N–H and O–H groups in total. The van der Waals surface area contributed by atoms with Gasteiger partial charge in [-0.1, -0.05) is 55.4 Å². The van der Waals surface area contributed by atoms with Crippen LogP contribution in [0.1, 0.15) is 154 Å². The number of likely N-dealkylation sites (tertiary alicyclic amines) is 2. The molecule has 141 heavy (non-hydrogen) atoms. The Hall–Kier alpha value is -9.19. The summed E-state index contributed by atoms with van der Waals surface area (Å²) in [5, 5.41) is 66.7. The Morgan fingerprint density at radius 3 is 0.929 bits per heavy atom. The highest BCUT2D eigenvalue weighted by Crippen LogP contribution is 2.58. The van der Waals surface area contributed by atoms with Gasteiger partial charge in [-0.05, 0) is 110 Å². The van der Waals surface area contributed by atoms with E-state index in [4.69, 9.17) is 16.9 Å². The summed E-state index contributed by atoms with van der Waals surface area (Å²) in [6.45, 7) is 30.8. The maximum Gasteiger partial charge on any atom is 0.353 e. The van der Waals surface area contributed by atoms with Crippen molar-refractivity contribution in [2.24, 2.45) is 88.4 Å². The molecule has 776 valence electrons. The van der Waals surface area contributed by atoms with E-state index in [0.717, 1.165) is 30.8 Å². The van der Waals surface area contributed by atoms with Crippen molar-refractivity contribution in [3.05, 3.63) is 42.4 Å². The number of Topliss-reactive ketones (excluding diaryl/α,β-unsaturated/α-hetero) is 5. The van der Waals surface area contributed by atoms with E-state index in [-0.39, 0.29) is 270 Å². The molecule has 16 heterocycles. The molecule has 0 aliphatic carbocycles. The summed E-state index contributed by atoms with van der Waals surface area (Å²) < 4.78 is 0. The largest absolute Gasteiger partial charge is 0.477 e. The Kier molecular flexibility index (Phi) is 35.6. The van der Waals surface area contributed by atoms with Gasteiger partial charge in [-0.15, -0.1) is 47.0 Å². The Balaban J connectivity index is 0.000000158. The lowest BCUT2D eigenvalue weighted by Crippen LogP contribution is -2.62. The first-order valence-corrected chi connectivity index (χ1v) is 53.1. The van der Waals surface area contributed by atoms with E-state index in [1.165, 1.54) is 94.3 Å². The third-order valence-electron chi connectivity index (χ3n) is 31.2. The lowest BCUT2D eigenvalue weighted by Gasteiger charge is -2.47. The van der Waals surface area contributed by atoms with Crippen molar-refractivity contribution < 1.29 is 107 Å². The second-order valence-electron chi connectivity index (χ2n) is 41.3. The fraction of sp³-hybridized carbons (Fsp3) is 0.719. The van der Waals surface area contributed by atoms with Crippen LogP contribution in [0.15, 0.2) is 42.4 Å². The third-order valence-corrected chi connectivity index (χ3v) is 37.3. The molecule has 0 aromatic rings. The molecular weight excluding hydrogens is 1900 g/mol. The number of hydrogen-bond acceptors (Lipinski definition) is 30. The predicted molar refractivity (Wildman–Crippen MR) is 525 cm³/mol. The van der Waals surface area contributed by atoms with Crippen LogP contribution in [0.3, 0.4) is 0 Å². The number of fused-ring (bicyclic) bond motifs is 4. The Morgan fingerprint density at radius 2 is 0.674 bits per heavy atom. The molecule has 9 amide bonds. The molecule has 0 radical (unpaired) electrons. The second kappa shape index (κ2) is 46.0. The van der Waals surface area contributed by atoms with E-state index in [1.54, 1.807) is 26.6 Å². The summed E-state index contributed by atoms with van der Waals surface area (Å²) in [6, 6.07) is -1.92. The predicted octanol–water partition coefficient (Wildman–Crippen LogP) is 0.867. The smallest absolute Gasteiger partial charge is 0.353 e. The zero-order valence-electron chi connectivity index (χ0n) is 82.9. The van der Waals surface area contributed by atoms with Gasteiger partial charge in [0.2, 0.25) is 53.2 Å². The number of nitrogens with one attached hydrogen (secondary N) is 7. The maximum absolute atomic E-state index is 13.1. The van der Waals surface area contributed by atoms with E-state index >= 15 is 0 Å². The maximum atomic E-state index is 13.1. The number of carboxylic acids is 4. The van der Waals surface area contributed by atoms with Crippen LogP contribution in [-0.2, 0) is 86.3 Å². The van der Waals surface area contributed by atoms with Crippen molar-refractivity contribution in [1.82, 2.24) is 80.9 Å². The fourth-order valence-electron chi connectivity index (χ4n) is 24.3. The zero-order chi connectivity index (χ0) is 103. The van der Waals surface area contributed by atoms with E-state index in [9.17, 15) is 107 Å². The molecule has 41 nitrogen and oxygen atoms in total. The number of aliphatic carboxylic acids is 4. The van der Waals surface area contributed by atoms with Crippen molar-refractivity contribution in [2.45, 2.75) is 229 Å². The van der Waals surface area contributed by atoms with Gasteiger partial charge < -0.3 is 132 Å². The number of guanidine groups is 1. The molecule has 16 rings (SSSR count). The lowest BCUT2D eigenvalue weighted by molar-refractivity contribution is -0.160. The highest BCUT2D eigenvalue weighted by Gasteiger charge is 2.65. The molecular formula is C96H141N19O22S4. The Bertz CT molecular complexity index is 5100. The minimum absolute atomic E-state index is 0.00106. The number of hydrogen-bond donors (Lipinski definition) is 13. The van der Waals surface area contributed by atoms with Gasteiger partial charge in [0.1, 0.15) is 51.7 Å². The SMILES string of the molecule is CC(=O)C[C@H](C)[C@H]1C(=O)N2C(C(=O)O)=C(S[C@@H]3CN[C@H](C(=O)N4CCN(C(=N)N)CC4)C3)[C@H](C)[C@@H]12.CC(=O)C[C@H](C)[C@H]1C(=O)N2C(C(=O)O)=C(S[C@@H]3CN[C@H](C(=O)N4CC[C@H](CC(=O)CN)C4)C3)[C@H](C)[C@@H]12.CNCC(=O)N1CCN(C(=O)[C@@H]2C[C@H](SC3=C(C(=O)O)N4C(=O)[C@H]([C@@H](C)CC(C)=O)[C@@H]4[C@H]3C)CN2)CC1.CN[C@H]1CCN(C(=O)[C@@H]2C[C@H](SC3=C(C(=O)O)N4C(=O)[C@H]([C@@H](C)CC(C)=O)[C@H]4[C@H]3C)CN2)C1. The number of piperazine rings is 2. The van der Waals surface area contributed by atoms with Crippen LogP contribution in [0, 0.1) is 82.3 Å². The molecule has 12 fully saturated rings. The number of rotatable bonds is 34. The number of amides is 9. The molecule has 0 saturated carbocycles. The Labute approximate surface area is 838 Å². The number of β-lactam (4-membered cyclic amide) rings is 4. The van der Waals surface area contributed by atoms with Crippen molar-refractivity contribution in [3.8, 4) is 0 Å². The van der Waals surface area contributed by atoms with E-state index in [2.05, 4.69) is 31.9 Å². The molecule has 16 aliphatic rings. The molecule has 12 saturated heterocycles. The van der Waals surface area contributed by atoms with E-state index in [0.29, 0.717) is 170 Å². The molecule has 0 bridgehead atoms. The summed E-state index contributed by atoms with van der Waals surface area (Å²) >= 11 is 5.88. The van der Waals surface area contributed by atoms with Crippen LogP contribution in [-0.4, -0.2) is 389 Å². The standard InChI is InChI=1S/C25H37N5O6S.C25H36N4O6S.C23H34N6O5S.C23H34N4O5S/c1-13(9-14(2)31)19-20-15(3)22(21(25(35)36)30(20)24(19)34)37-16-10-17(27-11-16)23(33)29-7-5-28(6-8-29)18(32)12-26-4;1-12(6-13(2)30)19-20-14(3)22(21(25(34)35)29(20)24(19)33)36-17-8-18(27-10-17)23(32)28-5-4-15(11-28)7-16(31)9-26;1-11(8-12(2)30)16-17-13(3)19(18(22(33)34)29(17)21(16)32)35-14-9-15(26-10-14)20(31)27-4-6-28(7-5-27)23(24)25;1-11(7-12(2)28)17-18-13(3)20(19(23(31)32)27(18)22(17)30)33-15-8-16(25-9-15)21(29)26-6-5-14(10-26)24-4/h13,15-17,19-20,26-27H,5-12H2,1-4H3,(H,35,36);12,14-15,17-20,27H,4-11,26H2,1-3H3,(H,34,35);11,13-17,26H,4-10H2,1-3H3,(H3,24,25)(H,33,34);11,13-18,24-25H,5-10H2,1-4H3,(H,31,32)/t13-,15+,16-,17-,19+,20-;12-,14+,15+,17-,18-,19+,20-;11-,13+,14-,15-,16+,17-;11-,13+,14-,15-,16-,17+,18+/m0000/s1. The number of thioether (sulfide) groups is 4. The number of likely N-dealkylation sites (N-methyl/N-ethyl adjacent to an activating group) is 2. The quantitative estimate of drug-likeness (QED) is 0.0241. The van der Waals surface area contributed by atoms with Crippen LogP contribution in [0.25, 0.3) is 0 Å². The van der Waals surface area contributed by atoms with Crippen LogP contribution >= 0.6 is 47.0 Å². The van der Waals surface area contributed by atoms with Gasteiger partial charge in [0.25, 0.3) is 0 Å². The first-order valence-electron chi connectivity index (χ1n) is 49.6. The zero-order valence-corrected chi connectivity index (χ0v) is 86.2. The summed E-state index contributed by atoms with van der Waals surface area (Å²) in [7, 11) is 3.64. The molecule has 0 spiro atoms. The van der Waals surface area contributed by atoms with Crippen LogP contribution in [0.2, 0.25) is 0 Å². The summed E-state index contributed by atoms with van der Waals surface area (Å²) in [5.74, 6) is -7.33. The number of carboxylic acid groups (broad SMARTS) is 4. The molecule has 0 aromatic carbocycles. The molecule has 0 aromatic heterocycles. The van der Waals surface area contributed by atoms with E-state index < -0.39 is 23.9 Å². The number of carbonyl (C=O) groups is 18. The summed E-state index contributed by atoms with van der Waals surface area (Å²) in [6.07, 6.45) is 5.71. The van der Waals surface area contributed by atoms with Gasteiger partial charge in [-0.2, -0.15) is 0 Å². The second-order valence-corrected chi connectivity index (χ2v) is 46.7. The van der Waals surface area contributed by atoms with Gasteiger partial charge in [0.15, 0.2) is 5.96 Å². The number of nitrogens with two attached hydrogens (primary N) is 2. The monoisotopic (exact) mass is 2040 g/mol. The van der Waals surface area contributed by atoms with Crippen molar-refractivity contribution >= 4 is 159 Å². The average Bonchev–Trinajstić information content (AvgIpc) is 1.57. The van der Waals surface area contributed by atoms with Crippen molar-refractivity contribution in [3.63, 3.8) is 0 Å². The molecule has 26 atom stereocenters. The summed E-state index contributed by atoms with van der Waals surface area (Å²) in [4.78, 5) is 242.